The standard InChI is InChI=1S/C12H20N2OS/c1-8-11(4-5-15-8)12(13-3)6-10-7-16-9(2)14-10/h7-8,11-13H,4-6H2,1-3H3. The summed E-state index contributed by atoms with van der Waals surface area (Å²) in [4.78, 5) is 4.53. The maximum absolute atomic E-state index is 5.63. The smallest absolute Gasteiger partial charge is 0.0897 e. The SMILES string of the molecule is CNC(Cc1csc(C)n1)C1CCOC1C. The largest absolute Gasteiger partial charge is 0.378 e. The van der Waals surface area contributed by atoms with Gasteiger partial charge >= 0.3 is 0 Å². The molecule has 0 radical (unpaired) electrons. The minimum absolute atomic E-state index is 0.372. The van der Waals surface area contributed by atoms with Gasteiger partial charge in [-0.3, -0.25) is 0 Å². The molecule has 0 aromatic carbocycles. The van der Waals surface area contributed by atoms with E-state index in [1.165, 1.54) is 5.69 Å². The molecule has 4 heteroatoms. The van der Waals surface area contributed by atoms with Crippen molar-refractivity contribution in [1.82, 2.24) is 10.3 Å². The molecule has 16 heavy (non-hydrogen) atoms. The van der Waals surface area contributed by atoms with Crippen LogP contribution in [0.1, 0.15) is 24.0 Å². The molecule has 1 saturated heterocycles. The lowest BCUT2D eigenvalue weighted by Crippen LogP contribution is -2.38. The van der Waals surface area contributed by atoms with Crippen LogP contribution in [-0.4, -0.2) is 30.8 Å². The van der Waals surface area contributed by atoms with E-state index in [2.05, 4.69) is 29.5 Å². The molecule has 3 atom stereocenters. The number of rotatable bonds is 4. The number of hydrogen-bond donors (Lipinski definition) is 1. The summed E-state index contributed by atoms with van der Waals surface area (Å²) in [5.74, 6) is 0.618. The van der Waals surface area contributed by atoms with Gasteiger partial charge in [0.05, 0.1) is 16.8 Å². The Bertz CT molecular complexity index is 340. The fourth-order valence-corrected chi connectivity index (χ4v) is 3.10. The van der Waals surface area contributed by atoms with Crippen LogP contribution in [0.2, 0.25) is 0 Å². The minimum atomic E-state index is 0.372. The van der Waals surface area contributed by atoms with E-state index < -0.39 is 0 Å². The first kappa shape index (κ1) is 12.0. The second kappa shape index (κ2) is 5.25. The molecule has 0 aliphatic carbocycles. The highest BCUT2D eigenvalue weighted by molar-refractivity contribution is 7.09. The average Bonchev–Trinajstić information content (AvgIpc) is 2.84. The summed E-state index contributed by atoms with van der Waals surface area (Å²) in [6.45, 7) is 5.14. The zero-order valence-electron chi connectivity index (χ0n) is 10.2. The number of aromatic nitrogens is 1. The van der Waals surface area contributed by atoms with Crippen molar-refractivity contribution < 1.29 is 4.74 Å². The second-order valence-electron chi connectivity index (χ2n) is 4.49. The highest BCUT2D eigenvalue weighted by Crippen LogP contribution is 2.26. The second-order valence-corrected chi connectivity index (χ2v) is 5.55. The molecular weight excluding hydrogens is 220 g/mol. The van der Waals surface area contributed by atoms with E-state index >= 15 is 0 Å². The first-order valence-corrected chi connectivity index (χ1v) is 6.78. The summed E-state index contributed by atoms with van der Waals surface area (Å²) in [6.07, 6.45) is 2.55. The number of ether oxygens (including phenoxy) is 1. The summed E-state index contributed by atoms with van der Waals surface area (Å²) < 4.78 is 5.63. The van der Waals surface area contributed by atoms with Crippen molar-refractivity contribution in [3.63, 3.8) is 0 Å². The molecule has 1 aromatic heterocycles. The third kappa shape index (κ3) is 2.62. The monoisotopic (exact) mass is 240 g/mol. The van der Waals surface area contributed by atoms with Crippen molar-refractivity contribution in [2.75, 3.05) is 13.7 Å². The van der Waals surface area contributed by atoms with Crippen molar-refractivity contribution in [1.29, 1.82) is 0 Å². The molecule has 2 heterocycles. The van der Waals surface area contributed by atoms with Crippen LogP contribution in [0, 0.1) is 12.8 Å². The van der Waals surface area contributed by atoms with Crippen LogP contribution < -0.4 is 5.32 Å². The third-order valence-corrected chi connectivity index (χ3v) is 4.24. The zero-order chi connectivity index (χ0) is 11.5. The summed E-state index contributed by atoms with van der Waals surface area (Å²) in [7, 11) is 2.04. The van der Waals surface area contributed by atoms with Gasteiger partial charge < -0.3 is 10.1 Å². The lowest BCUT2D eigenvalue weighted by Gasteiger charge is -2.24. The molecule has 2 rings (SSSR count). The predicted molar refractivity (Wildman–Crippen MR) is 66.9 cm³/mol. The fraction of sp³-hybridized carbons (Fsp3) is 0.750. The van der Waals surface area contributed by atoms with Crippen LogP contribution in [0.3, 0.4) is 0 Å². The molecule has 1 fully saturated rings. The molecule has 1 aliphatic rings. The molecule has 1 aromatic rings. The summed E-state index contributed by atoms with van der Waals surface area (Å²) in [5.41, 5.74) is 1.21. The van der Waals surface area contributed by atoms with Crippen LogP contribution in [0.5, 0.6) is 0 Å². The Kier molecular flexibility index (Phi) is 3.95. The Balaban J connectivity index is 2.00. The van der Waals surface area contributed by atoms with E-state index in [9.17, 15) is 0 Å². The normalized spacial score (nSPS) is 27.2. The van der Waals surface area contributed by atoms with E-state index in [-0.39, 0.29) is 0 Å². The third-order valence-electron chi connectivity index (χ3n) is 3.42. The van der Waals surface area contributed by atoms with Crippen molar-refractivity contribution >= 4 is 11.3 Å². The number of likely N-dealkylation sites (N-methyl/N-ethyl adjacent to an activating group) is 1. The van der Waals surface area contributed by atoms with Gasteiger partial charge in [-0.15, -0.1) is 11.3 Å². The first-order chi connectivity index (χ1) is 7.70. The Morgan fingerprint density at radius 1 is 1.69 bits per heavy atom. The Morgan fingerprint density at radius 2 is 2.50 bits per heavy atom. The van der Waals surface area contributed by atoms with Crippen molar-refractivity contribution in [3.05, 3.63) is 16.1 Å². The van der Waals surface area contributed by atoms with Gasteiger partial charge in [-0.2, -0.15) is 0 Å². The van der Waals surface area contributed by atoms with E-state index in [0.29, 0.717) is 18.1 Å². The van der Waals surface area contributed by atoms with Crippen LogP contribution >= 0.6 is 11.3 Å². The minimum Gasteiger partial charge on any atom is -0.378 e. The van der Waals surface area contributed by atoms with Gasteiger partial charge in [0.15, 0.2) is 0 Å². The van der Waals surface area contributed by atoms with Gasteiger partial charge in [-0.1, -0.05) is 0 Å². The van der Waals surface area contributed by atoms with Crippen molar-refractivity contribution in [2.45, 2.75) is 38.8 Å². The first-order valence-electron chi connectivity index (χ1n) is 5.90. The van der Waals surface area contributed by atoms with Crippen molar-refractivity contribution in [2.24, 2.45) is 5.92 Å². The molecule has 3 unspecified atom stereocenters. The Hall–Kier alpha value is -0.450. The molecule has 0 saturated carbocycles. The predicted octanol–water partition coefficient (Wildman–Crippen LogP) is 2.01. The molecule has 0 bridgehead atoms. The molecule has 0 amide bonds. The molecular formula is C12H20N2OS. The lowest BCUT2D eigenvalue weighted by atomic mass is 9.90. The van der Waals surface area contributed by atoms with Gasteiger partial charge in [0.2, 0.25) is 0 Å². The maximum atomic E-state index is 5.63. The molecule has 90 valence electrons. The molecule has 1 aliphatic heterocycles. The van der Waals surface area contributed by atoms with E-state index in [4.69, 9.17) is 4.74 Å². The molecule has 0 spiro atoms. The number of aryl methyl sites for hydroxylation is 1. The van der Waals surface area contributed by atoms with Crippen molar-refractivity contribution in [3.8, 4) is 0 Å². The lowest BCUT2D eigenvalue weighted by molar-refractivity contribution is 0.0962. The van der Waals surface area contributed by atoms with Crippen LogP contribution in [0.25, 0.3) is 0 Å². The van der Waals surface area contributed by atoms with E-state index in [1.54, 1.807) is 11.3 Å². The van der Waals surface area contributed by atoms with Gasteiger partial charge in [0.1, 0.15) is 0 Å². The van der Waals surface area contributed by atoms with Crippen LogP contribution in [-0.2, 0) is 11.2 Å². The topological polar surface area (TPSA) is 34.2 Å². The Morgan fingerprint density at radius 3 is 3.00 bits per heavy atom. The zero-order valence-corrected chi connectivity index (χ0v) is 11.0. The molecule has 3 nitrogen and oxygen atoms in total. The average molecular weight is 240 g/mol. The highest BCUT2D eigenvalue weighted by Gasteiger charge is 2.31. The van der Waals surface area contributed by atoms with E-state index in [1.807, 2.05) is 7.05 Å². The summed E-state index contributed by atoms with van der Waals surface area (Å²) in [5, 5.41) is 6.74. The summed E-state index contributed by atoms with van der Waals surface area (Å²) in [6, 6.07) is 0.485. The number of nitrogens with one attached hydrogen (secondary N) is 1. The number of thiazole rings is 1. The van der Waals surface area contributed by atoms with Gasteiger partial charge in [0.25, 0.3) is 0 Å². The van der Waals surface area contributed by atoms with Crippen LogP contribution in [0.4, 0.5) is 0 Å². The van der Waals surface area contributed by atoms with Gasteiger partial charge in [-0.25, -0.2) is 4.98 Å². The molecule has 1 N–H and O–H groups in total. The van der Waals surface area contributed by atoms with Crippen LogP contribution in [0.15, 0.2) is 5.38 Å². The van der Waals surface area contributed by atoms with Gasteiger partial charge in [0, 0.05) is 30.4 Å². The fourth-order valence-electron chi connectivity index (χ4n) is 2.47. The van der Waals surface area contributed by atoms with Gasteiger partial charge in [-0.05, 0) is 27.3 Å². The quantitative estimate of drug-likeness (QED) is 0.874. The summed E-state index contributed by atoms with van der Waals surface area (Å²) >= 11 is 1.73. The highest BCUT2D eigenvalue weighted by atomic mass is 32.1. The van der Waals surface area contributed by atoms with E-state index in [0.717, 1.165) is 24.5 Å². The Labute approximate surface area is 101 Å². The maximum Gasteiger partial charge on any atom is 0.0897 e. The number of hydrogen-bond acceptors (Lipinski definition) is 4. The number of nitrogens with zero attached hydrogens (tertiary/aromatic N) is 1.